The topological polar surface area (TPSA) is 24.7 Å². The summed E-state index contributed by atoms with van der Waals surface area (Å²) in [6.07, 6.45) is 1.85. The van der Waals surface area contributed by atoms with E-state index in [2.05, 4.69) is 33.1 Å². The summed E-state index contributed by atoms with van der Waals surface area (Å²) < 4.78 is 1.02. The van der Waals surface area contributed by atoms with Crippen LogP contribution >= 0.6 is 15.9 Å². The molecule has 2 nitrogen and oxygen atoms in total. The van der Waals surface area contributed by atoms with Crippen molar-refractivity contribution in [3.8, 4) is 0 Å². The summed E-state index contributed by atoms with van der Waals surface area (Å²) in [4.78, 5) is 9.34. The fourth-order valence-electron chi connectivity index (χ4n) is 2.26. The number of rotatable bonds is 4. The molecule has 0 spiro atoms. The Morgan fingerprint density at radius 2 is 1.54 bits per heavy atom. The molecule has 0 aliphatic heterocycles. The molecule has 118 valence electrons. The summed E-state index contributed by atoms with van der Waals surface area (Å²) in [5.74, 6) is 0.726. The van der Waals surface area contributed by atoms with Crippen LogP contribution in [0.15, 0.2) is 99.4 Å². The van der Waals surface area contributed by atoms with Crippen molar-refractivity contribution in [3.05, 3.63) is 106 Å². The van der Waals surface area contributed by atoms with Crippen molar-refractivity contribution in [2.75, 3.05) is 0 Å². The minimum Gasteiger partial charge on any atom is -0.261 e. The van der Waals surface area contributed by atoms with Gasteiger partial charge in [-0.3, -0.25) is 4.99 Å². The molecule has 0 N–H and O–H groups in total. The predicted octanol–water partition coefficient (Wildman–Crippen LogP) is 5.52. The van der Waals surface area contributed by atoms with Gasteiger partial charge in [0, 0.05) is 16.3 Å². The highest BCUT2D eigenvalue weighted by atomic mass is 79.9. The maximum Gasteiger partial charge on any atom is 0.154 e. The lowest BCUT2D eigenvalue weighted by Crippen LogP contribution is -2.00. The number of nitrogens with zero attached hydrogens (tertiary/aromatic N) is 2. The van der Waals surface area contributed by atoms with Gasteiger partial charge in [-0.1, -0.05) is 88.7 Å². The molecule has 0 fully saturated rings. The van der Waals surface area contributed by atoms with E-state index < -0.39 is 0 Å². The van der Waals surface area contributed by atoms with E-state index in [4.69, 9.17) is 4.99 Å². The molecular formula is C21H17BrN2. The number of benzene rings is 3. The van der Waals surface area contributed by atoms with Gasteiger partial charge < -0.3 is 0 Å². The van der Waals surface area contributed by atoms with Crippen LogP contribution in [0.25, 0.3) is 0 Å². The monoisotopic (exact) mass is 376 g/mol. The lowest BCUT2D eigenvalue weighted by Gasteiger charge is -2.03. The average Bonchev–Trinajstić information content (AvgIpc) is 2.63. The van der Waals surface area contributed by atoms with Crippen LogP contribution < -0.4 is 0 Å². The van der Waals surface area contributed by atoms with Crippen molar-refractivity contribution in [3.63, 3.8) is 0 Å². The Labute approximate surface area is 150 Å². The third kappa shape index (κ3) is 4.74. The van der Waals surface area contributed by atoms with Gasteiger partial charge in [0.05, 0.1) is 6.54 Å². The fraction of sp³-hybridized carbons (Fsp3) is 0.0476. The normalized spacial score (nSPS) is 11.8. The molecule has 0 heterocycles. The molecule has 24 heavy (non-hydrogen) atoms. The molecule has 0 bridgehead atoms. The molecule has 3 aromatic rings. The zero-order chi connectivity index (χ0) is 16.6. The van der Waals surface area contributed by atoms with Gasteiger partial charge in [-0.15, -0.1) is 0 Å². The molecule has 0 aliphatic carbocycles. The Morgan fingerprint density at radius 3 is 2.25 bits per heavy atom. The van der Waals surface area contributed by atoms with Gasteiger partial charge in [-0.2, -0.15) is 0 Å². The Balaban J connectivity index is 1.90. The Kier molecular flexibility index (Phi) is 5.70. The summed E-state index contributed by atoms with van der Waals surface area (Å²) in [6.45, 7) is 0.606. The molecule has 0 saturated heterocycles. The maximum absolute atomic E-state index is 4.72. The summed E-state index contributed by atoms with van der Waals surface area (Å²) >= 11 is 3.52. The summed E-state index contributed by atoms with van der Waals surface area (Å²) in [5.41, 5.74) is 3.22. The van der Waals surface area contributed by atoms with Gasteiger partial charge in [0.2, 0.25) is 0 Å². The second-order valence-electron chi connectivity index (χ2n) is 5.30. The molecule has 0 amide bonds. The van der Waals surface area contributed by atoms with Gasteiger partial charge in [0.15, 0.2) is 5.84 Å². The SMILES string of the molecule is Brc1cccc(C(=N/Cc2ccccc2)/N=C/c2ccccc2)c1. The highest BCUT2D eigenvalue weighted by molar-refractivity contribution is 9.10. The molecule has 0 atom stereocenters. The van der Waals surface area contributed by atoms with E-state index in [-0.39, 0.29) is 0 Å². The number of amidine groups is 1. The van der Waals surface area contributed by atoms with Crippen LogP contribution in [0.5, 0.6) is 0 Å². The fourth-order valence-corrected chi connectivity index (χ4v) is 2.66. The minimum absolute atomic E-state index is 0.606. The summed E-state index contributed by atoms with van der Waals surface area (Å²) in [5, 5.41) is 0. The van der Waals surface area contributed by atoms with Gasteiger partial charge in [0.1, 0.15) is 0 Å². The predicted molar refractivity (Wildman–Crippen MR) is 105 cm³/mol. The van der Waals surface area contributed by atoms with E-state index in [1.54, 1.807) is 0 Å². The molecule has 3 aromatic carbocycles. The second kappa shape index (κ2) is 8.37. The van der Waals surface area contributed by atoms with Crippen molar-refractivity contribution in [1.82, 2.24) is 0 Å². The van der Waals surface area contributed by atoms with E-state index in [0.29, 0.717) is 6.54 Å². The van der Waals surface area contributed by atoms with Crippen molar-refractivity contribution in [1.29, 1.82) is 0 Å². The largest absolute Gasteiger partial charge is 0.261 e. The van der Waals surface area contributed by atoms with Crippen molar-refractivity contribution < 1.29 is 0 Å². The molecule has 0 radical (unpaired) electrons. The Bertz CT molecular complexity index is 840. The van der Waals surface area contributed by atoms with Crippen LogP contribution in [0.2, 0.25) is 0 Å². The van der Waals surface area contributed by atoms with Crippen LogP contribution in [0.4, 0.5) is 0 Å². The van der Waals surface area contributed by atoms with Crippen LogP contribution in [-0.2, 0) is 6.54 Å². The number of aliphatic imine (C=N–C) groups is 2. The van der Waals surface area contributed by atoms with Crippen molar-refractivity contribution >= 4 is 28.0 Å². The Hall–Kier alpha value is -2.52. The lowest BCUT2D eigenvalue weighted by atomic mass is 10.2. The maximum atomic E-state index is 4.72. The van der Waals surface area contributed by atoms with E-state index in [1.807, 2.05) is 79.0 Å². The first-order chi connectivity index (χ1) is 11.8. The molecule has 0 saturated carbocycles. The molecule has 0 aliphatic rings. The van der Waals surface area contributed by atoms with Crippen LogP contribution in [-0.4, -0.2) is 12.1 Å². The third-order valence-corrected chi connectivity index (χ3v) is 3.97. The third-order valence-electron chi connectivity index (χ3n) is 3.47. The first-order valence-corrected chi connectivity index (χ1v) is 8.54. The zero-order valence-electron chi connectivity index (χ0n) is 13.1. The lowest BCUT2D eigenvalue weighted by molar-refractivity contribution is 1.06. The summed E-state index contributed by atoms with van der Waals surface area (Å²) in [7, 11) is 0. The highest BCUT2D eigenvalue weighted by Crippen LogP contribution is 2.14. The van der Waals surface area contributed by atoms with E-state index in [0.717, 1.165) is 21.4 Å². The van der Waals surface area contributed by atoms with Crippen LogP contribution in [0.1, 0.15) is 16.7 Å². The van der Waals surface area contributed by atoms with Gasteiger partial charge >= 0.3 is 0 Å². The Morgan fingerprint density at radius 1 is 0.833 bits per heavy atom. The standard InChI is InChI=1S/C21H17BrN2/c22-20-13-7-12-19(14-20)21(23-15-17-8-3-1-4-9-17)24-16-18-10-5-2-6-11-18/h1-15H,16H2/b23-15+,24-21-. The average molecular weight is 377 g/mol. The summed E-state index contributed by atoms with van der Waals surface area (Å²) in [6, 6.07) is 28.3. The first-order valence-electron chi connectivity index (χ1n) is 7.75. The number of hydrogen-bond donors (Lipinski definition) is 0. The van der Waals surface area contributed by atoms with E-state index >= 15 is 0 Å². The van der Waals surface area contributed by atoms with Crippen LogP contribution in [0.3, 0.4) is 0 Å². The number of halogens is 1. The second-order valence-corrected chi connectivity index (χ2v) is 6.22. The van der Waals surface area contributed by atoms with Gasteiger partial charge in [0.25, 0.3) is 0 Å². The van der Waals surface area contributed by atoms with Gasteiger partial charge in [-0.25, -0.2) is 4.99 Å². The molecule has 0 aromatic heterocycles. The zero-order valence-corrected chi connectivity index (χ0v) is 14.7. The van der Waals surface area contributed by atoms with Gasteiger partial charge in [-0.05, 0) is 23.3 Å². The highest BCUT2D eigenvalue weighted by Gasteiger charge is 2.02. The quantitative estimate of drug-likeness (QED) is 0.423. The van der Waals surface area contributed by atoms with E-state index in [9.17, 15) is 0 Å². The first kappa shape index (κ1) is 16.3. The molecule has 3 heteroatoms. The number of hydrogen-bond acceptors (Lipinski definition) is 1. The van der Waals surface area contributed by atoms with E-state index in [1.165, 1.54) is 5.56 Å². The van der Waals surface area contributed by atoms with Crippen LogP contribution in [0, 0.1) is 0 Å². The molecular weight excluding hydrogens is 360 g/mol. The smallest absolute Gasteiger partial charge is 0.154 e. The molecule has 0 unspecified atom stereocenters. The van der Waals surface area contributed by atoms with Crippen molar-refractivity contribution in [2.24, 2.45) is 9.98 Å². The molecule has 3 rings (SSSR count). The van der Waals surface area contributed by atoms with Crippen molar-refractivity contribution in [2.45, 2.75) is 6.54 Å². The minimum atomic E-state index is 0.606.